The number of imidazole rings is 1. The highest BCUT2D eigenvalue weighted by Gasteiger charge is 2.26. The highest BCUT2D eigenvalue weighted by Crippen LogP contribution is 2.39. The van der Waals surface area contributed by atoms with Crippen molar-refractivity contribution in [3.63, 3.8) is 0 Å². The molecule has 2 aromatic heterocycles. The molecule has 186 valence electrons. The zero-order valence-corrected chi connectivity index (χ0v) is 20.5. The van der Waals surface area contributed by atoms with Gasteiger partial charge in [0.2, 0.25) is 0 Å². The van der Waals surface area contributed by atoms with Gasteiger partial charge >= 0.3 is 0 Å². The second-order valence-electron chi connectivity index (χ2n) is 10.1. The van der Waals surface area contributed by atoms with Crippen molar-refractivity contribution in [3.8, 4) is 22.7 Å². The van der Waals surface area contributed by atoms with Crippen LogP contribution in [0.3, 0.4) is 0 Å². The Kier molecular flexibility index (Phi) is 7.32. The maximum atomic E-state index is 13.5. The topological polar surface area (TPSA) is 63.3 Å². The number of amides is 1. The Hall–Kier alpha value is -2.93. The highest BCUT2D eigenvalue weighted by molar-refractivity contribution is 5.92. The Bertz CT molecular complexity index is 1130. The second-order valence-corrected chi connectivity index (χ2v) is 10.1. The van der Waals surface area contributed by atoms with E-state index >= 15 is 0 Å². The predicted octanol–water partition coefficient (Wildman–Crippen LogP) is 5.92. The van der Waals surface area contributed by atoms with E-state index in [-0.39, 0.29) is 11.7 Å². The largest absolute Gasteiger partial charge is 0.449 e. The number of nitrogens with zero attached hydrogens (tertiary/aromatic N) is 3. The number of benzene rings is 1. The molecule has 1 aromatic carbocycles. The van der Waals surface area contributed by atoms with Gasteiger partial charge < -0.3 is 19.2 Å². The van der Waals surface area contributed by atoms with E-state index in [0.717, 1.165) is 61.8 Å². The molecular formula is C28H35FN4O2. The highest BCUT2D eigenvalue weighted by atomic mass is 19.1. The van der Waals surface area contributed by atoms with Gasteiger partial charge in [-0.05, 0) is 87.5 Å². The molecule has 5 rings (SSSR count). The van der Waals surface area contributed by atoms with Crippen molar-refractivity contribution in [1.82, 2.24) is 19.8 Å². The van der Waals surface area contributed by atoms with E-state index in [2.05, 4.69) is 26.7 Å². The molecule has 6 nitrogen and oxygen atoms in total. The summed E-state index contributed by atoms with van der Waals surface area (Å²) in [7, 11) is 0. The molecule has 0 bridgehead atoms. The number of aromatic nitrogens is 2. The van der Waals surface area contributed by atoms with Gasteiger partial charge in [0, 0.05) is 24.7 Å². The Morgan fingerprint density at radius 1 is 1.11 bits per heavy atom. The molecule has 1 saturated heterocycles. The fraction of sp³-hybridized carbons (Fsp3) is 0.500. The first kappa shape index (κ1) is 23.8. The van der Waals surface area contributed by atoms with Crippen LogP contribution >= 0.6 is 0 Å². The van der Waals surface area contributed by atoms with Crippen molar-refractivity contribution in [2.24, 2.45) is 5.92 Å². The van der Waals surface area contributed by atoms with Crippen molar-refractivity contribution < 1.29 is 13.6 Å². The van der Waals surface area contributed by atoms with Gasteiger partial charge in [0.05, 0.1) is 12.0 Å². The molecule has 1 N–H and O–H groups in total. The fourth-order valence-electron chi connectivity index (χ4n) is 5.55. The number of carbonyl (C=O) groups excluding carboxylic acids is 1. The number of rotatable bonds is 8. The van der Waals surface area contributed by atoms with Crippen LogP contribution in [-0.4, -0.2) is 46.5 Å². The summed E-state index contributed by atoms with van der Waals surface area (Å²) in [6, 6.07) is 10.3. The van der Waals surface area contributed by atoms with Crippen molar-refractivity contribution in [1.29, 1.82) is 0 Å². The standard InChI is InChI=1S/C28H35FN4O2/c1-20-6-4-16-32(18-20)17-5-15-30-28(34)25-14-13-24(35-25)27-26(21-9-11-22(29)12-10-21)31-19-33(27)23-7-2-3-8-23/h9-14,19-20,23H,2-8,15-18H2,1H3,(H,30,34). The molecule has 1 aliphatic carbocycles. The van der Waals surface area contributed by atoms with E-state index in [1.54, 1.807) is 18.2 Å². The SMILES string of the molecule is CC1CCCN(CCCNC(=O)c2ccc(-c3c(-c4ccc(F)cc4)ncn3C3CCCC3)o2)C1. The van der Waals surface area contributed by atoms with Crippen LogP contribution in [0.5, 0.6) is 0 Å². The molecule has 0 radical (unpaired) electrons. The van der Waals surface area contributed by atoms with E-state index in [1.807, 2.05) is 12.4 Å². The average molecular weight is 479 g/mol. The van der Waals surface area contributed by atoms with E-state index in [9.17, 15) is 9.18 Å². The summed E-state index contributed by atoms with van der Waals surface area (Å²) < 4.78 is 21.8. The summed E-state index contributed by atoms with van der Waals surface area (Å²) in [5.74, 6) is 1.20. The van der Waals surface area contributed by atoms with Crippen LogP contribution in [0.1, 0.15) is 68.5 Å². The molecule has 0 spiro atoms. The van der Waals surface area contributed by atoms with E-state index in [1.165, 1.54) is 37.8 Å². The number of furan rings is 1. The molecule has 2 aliphatic rings. The van der Waals surface area contributed by atoms with Crippen LogP contribution in [-0.2, 0) is 0 Å². The molecule has 7 heteroatoms. The van der Waals surface area contributed by atoms with Crippen LogP contribution in [0.2, 0.25) is 0 Å². The molecule has 3 aromatic rings. The van der Waals surface area contributed by atoms with E-state index in [4.69, 9.17) is 4.42 Å². The van der Waals surface area contributed by atoms with Crippen LogP contribution in [0, 0.1) is 11.7 Å². The number of nitrogens with one attached hydrogen (secondary N) is 1. The first-order valence-electron chi connectivity index (χ1n) is 13.0. The first-order valence-corrected chi connectivity index (χ1v) is 13.0. The molecular weight excluding hydrogens is 443 g/mol. The van der Waals surface area contributed by atoms with Gasteiger partial charge in [-0.25, -0.2) is 9.37 Å². The summed E-state index contributed by atoms with van der Waals surface area (Å²) in [4.78, 5) is 20.0. The van der Waals surface area contributed by atoms with Gasteiger partial charge in [-0.3, -0.25) is 4.79 Å². The lowest BCUT2D eigenvalue weighted by Crippen LogP contribution is -2.36. The van der Waals surface area contributed by atoms with Crippen LogP contribution in [0.4, 0.5) is 4.39 Å². The molecule has 1 atom stereocenters. The number of carbonyl (C=O) groups is 1. The Balaban J connectivity index is 1.29. The van der Waals surface area contributed by atoms with E-state index < -0.39 is 0 Å². The maximum absolute atomic E-state index is 13.5. The summed E-state index contributed by atoms with van der Waals surface area (Å²) >= 11 is 0. The fourth-order valence-corrected chi connectivity index (χ4v) is 5.55. The minimum atomic E-state index is -0.280. The predicted molar refractivity (Wildman–Crippen MR) is 135 cm³/mol. The Morgan fingerprint density at radius 3 is 2.69 bits per heavy atom. The van der Waals surface area contributed by atoms with Crippen molar-refractivity contribution in [2.75, 3.05) is 26.2 Å². The first-order chi connectivity index (χ1) is 17.1. The lowest BCUT2D eigenvalue weighted by atomic mass is 10.0. The van der Waals surface area contributed by atoms with Crippen LogP contribution in [0.15, 0.2) is 47.1 Å². The number of piperidine rings is 1. The van der Waals surface area contributed by atoms with Crippen LogP contribution in [0.25, 0.3) is 22.7 Å². The summed E-state index contributed by atoms with van der Waals surface area (Å²) in [5, 5.41) is 3.01. The van der Waals surface area contributed by atoms with Gasteiger partial charge in [0.1, 0.15) is 11.5 Å². The van der Waals surface area contributed by atoms with Crippen molar-refractivity contribution >= 4 is 5.91 Å². The number of hydrogen-bond donors (Lipinski definition) is 1. The monoisotopic (exact) mass is 478 g/mol. The van der Waals surface area contributed by atoms with Gasteiger partial charge in [0.25, 0.3) is 5.91 Å². The minimum Gasteiger partial charge on any atom is -0.449 e. The zero-order valence-electron chi connectivity index (χ0n) is 20.5. The molecule has 1 unspecified atom stereocenters. The lowest BCUT2D eigenvalue weighted by molar-refractivity contribution is 0.0923. The minimum absolute atomic E-state index is 0.196. The summed E-state index contributed by atoms with van der Waals surface area (Å²) in [5.41, 5.74) is 2.42. The van der Waals surface area contributed by atoms with Crippen molar-refractivity contribution in [2.45, 2.75) is 57.9 Å². The summed E-state index contributed by atoms with van der Waals surface area (Å²) in [6.07, 6.45) is 9.93. The third-order valence-electron chi connectivity index (χ3n) is 7.37. The molecule has 1 amide bonds. The van der Waals surface area contributed by atoms with E-state index in [0.29, 0.717) is 24.1 Å². The normalized spacial score (nSPS) is 19.3. The second kappa shape index (κ2) is 10.8. The molecule has 2 fully saturated rings. The quantitative estimate of drug-likeness (QED) is 0.409. The number of likely N-dealkylation sites (tertiary alicyclic amines) is 1. The zero-order chi connectivity index (χ0) is 24.2. The van der Waals surface area contributed by atoms with Gasteiger partial charge in [-0.1, -0.05) is 19.8 Å². The van der Waals surface area contributed by atoms with Crippen molar-refractivity contribution in [3.05, 3.63) is 54.3 Å². The summed E-state index contributed by atoms with van der Waals surface area (Å²) in [6.45, 7) is 6.25. The average Bonchev–Trinajstić information content (AvgIpc) is 3.62. The third-order valence-corrected chi connectivity index (χ3v) is 7.37. The number of halogens is 1. The lowest BCUT2D eigenvalue weighted by Gasteiger charge is -2.30. The number of hydrogen-bond acceptors (Lipinski definition) is 4. The molecule has 1 aliphatic heterocycles. The van der Waals surface area contributed by atoms with Crippen LogP contribution < -0.4 is 5.32 Å². The Morgan fingerprint density at radius 2 is 1.91 bits per heavy atom. The van der Waals surface area contributed by atoms with Gasteiger partial charge in [-0.2, -0.15) is 0 Å². The molecule has 35 heavy (non-hydrogen) atoms. The molecule has 1 saturated carbocycles. The van der Waals surface area contributed by atoms with Gasteiger partial charge in [-0.15, -0.1) is 0 Å². The maximum Gasteiger partial charge on any atom is 0.287 e. The molecule has 3 heterocycles. The third kappa shape index (κ3) is 5.50. The smallest absolute Gasteiger partial charge is 0.287 e. The van der Waals surface area contributed by atoms with Gasteiger partial charge in [0.15, 0.2) is 11.5 Å². The Labute approximate surface area is 206 Å².